The Morgan fingerprint density at radius 2 is 1.60 bits per heavy atom. The molecule has 3 atom stereocenters. The van der Waals surface area contributed by atoms with Crippen molar-refractivity contribution in [3.05, 3.63) is 69.7 Å². The quantitative estimate of drug-likeness (QED) is 0.431. The predicted molar refractivity (Wildman–Crippen MR) is 154 cm³/mol. The summed E-state index contributed by atoms with van der Waals surface area (Å²) in [6.45, 7) is 12.2. The van der Waals surface area contributed by atoms with Crippen molar-refractivity contribution in [3.8, 4) is 0 Å². The van der Waals surface area contributed by atoms with Crippen molar-refractivity contribution < 1.29 is 18.4 Å². The van der Waals surface area contributed by atoms with Crippen LogP contribution in [-0.4, -0.2) is 71.3 Å². The van der Waals surface area contributed by atoms with E-state index in [1.54, 1.807) is 0 Å². The molecule has 0 N–H and O–H groups in total. The zero-order valence-electron chi connectivity index (χ0n) is 23.9. The second-order valence-electron chi connectivity index (χ2n) is 12.7. The van der Waals surface area contributed by atoms with Crippen LogP contribution in [0.1, 0.15) is 81.4 Å². The largest absolute Gasteiger partial charge is 0.342 e. The Bertz CT molecular complexity index is 1270. The highest BCUT2D eigenvalue weighted by Crippen LogP contribution is 2.41. The van der Waals surface area contributed by atoms with Gasteiger partial charge in [-0.1, -0.05) is 23.7 Å². The summed E-state index contributed by atoms with van der Waals surface area (Å²) in [7, 11) is 0. The SMILES string of the molecule is C[C@@H](C(=O)N1CCC1)c1cc(Cl)ccc1C1CCN(C(=O)[C@@H]2CN(C(C)(C)C)C[C@H]2c2ccc(F)cc2F)CC1. The molecule has 2 aromatic rings. The molecule has 3 saturated heterocycles. The number of likely N-dealkylation sites (tertiary alicyclic amines) is 3. The van der Waals surface area contributed by atoms with Crippen molar-refractivity contribution in [2.24, 2.45) is 5.92 Å². The topological polar surface area (TPSA) is 43.9 Å². The molecule has 0 saturated carbocycles. The molecule has 5 rings (SSSR count). The molecule has 0 aromatic heterocycles. The van der Waals surface area contributed by atoms with Gasteiger partial charge in [-0.2, -0.15) is 0 Å². The van der Waals surface area contributed by atoms with Crippen molar-refractivity contribution in [1.29, 1.82) is 0 Å². The lowest BCUT2D eigenvalue weighted by atomic mass is 9.81. The summed E-state index contributed by atoms with van der Waals surface area (Å²) in [5.41, 5.74) is 2.36. The van der Waals surface area contributed by atoms with Gasteiger partial charge in [-0.3, -0.25) is 14.5 Å². The first-order valence-corrected chi connectivity index (χ1v) is 14.9. The van der Waals surface area contributed by atoms with Gasteiger partial charge in [-0.15, -0.1) is 0 Å². The molecule has 0 aliphatic carbocycles. The number of carbonyl (C=O) groups excluding carboxylic acids is 2. The van der Waals surface area contributed by atoms with Crippen LogP contribution in [0.3, 0.4) is 0 Å². The van der Waals surface area contributed by atoms with Gasteiger partial charge < -0.3 is 9.80 Å². The molecule has 3 aliphatic rings. The molecule has 5 nitrogen and oxygen atoms in total. The summed E-state index contributed by atoms with van der Waals surface area (Å²) in [5.74, 6) is -1.78. The normalized spacial score (nSPS) is 23.3. The van der Waals surface area contributed by atoms with Gasteiger partial charge in [0.1, 0.15) is 11.6 Å². The number of carbonyl (C=O) groups is 2. The molecule has 0 bridgehead atoms. The molecule has 3 aliphatic heterocycles. The Kier molecular flexibility index (Phi) is 8.27. The van der Waals surface area contributed by atoms with E-state index >= 15 is 0 Å². The fourth-order valence-corrected chi connectivity index (χ4v) is 6.78. The lowest BCUT2D eigenvalue weighted by molar-refractivity contribution is -0.137. The molecule has 8 heteroatoms. The van der Waals surface area contributed by atoms with E-state index in [1.165, 1.54) is 12.1 Å². The Morgan fingerprint density at radius 1 is 0.925 bits per heavy atom. The van der Waals surface area contributed by atoms with E-state index in [0.29, 0.717) is 36.8 Å². The number of rotatable bonds is 5. The summed E-state index contributed by atoms with van der Waals surface area (Å²) >= 11 is 6.37. The van der Waals surface area contributed by atoms with Crippen LogP contribution in [0.25, 0.3) is 0 Å². The average Bonchev–Trinajstić information content (AvgIpc) is 3.33. The fraction of sp³-hybridized carbons (Fsp3) is 0.562. The number of hydrogen-bond acceptors (Lipinski definition) is 3. The van der Waals surface area contributed by atoms with Crippen molar-refractivity contribution >= 4 is 23.4 Å². The van der Waals surface area contributed by atoms with E-state index in [2.05, 4.69) is 25.7 Å². The number of benzene rings is 2. The monoisotopic (exact) mass is 571 g/mol. The van der Waals surface area contributed by atoms with Gasteiger partial charge in [0.05, 0.1) is 11.8 Å². The van der Waals surface area contributed by atoms with Crippen molar-refractivity contribution in [2.45, 2.75) is 70.3 Å². The molecule has 40 heavy (non-hydrogen) atoms. The van der Waals surface area contributed by atoms with Crippen LogP contribution >= 0.6 is 11.6 Å². The highest BCUT2D eigenvalue weighted by Gasteiger charge is 2.45. The van der Waals surface area contributed by atoms with Crippen LogP contribution in [-0.2, 0) is 9.59 Å². The third kappa shape index (κ3) is 5.78. The minimum atomic E-state index is -0.612. The summed E-state index contributed by atoms with van der Waals surface area (Å²) in [5, 5.41) is 0.623. The minimum absolute atomic E-state index is 0.0385. The summed E-state index contributed by atoms with van der Waals surface area (Å²) in [4.78, 5) is 33.0. The van der Waals surface area contributed by atoms with E-state index in [0.717, 1.165) is 49.5 Å². The molecule has 0 spiro atoms. The highest BCUT2D eigenvalue weighted by molar-refractivity contribution is 6.30. The maximum atomic E-state index is 14.9. The molecular weight excluding hydrogens is 532 g/mol. The second-order valence-corrected chi connectivity index (χ2v) is 13.2. The maximum Gasteiger partial charge on any atom is 0.229 e. The van der Waals surface area contributed by atoms with E-state index in [4.69, 9.17) is 11.6 Å². The number of nitrogens with zero attached hydrogens (tertiary/aromatic N) is 3. The van der Waals surface area contributed by atoms with E-state index < -0.39 is 17.6 Å². The lowest BCUT2D eigenvalue weighted by Gasteiger charge is -2.37. The van der Waals surface area contributed by atoms with Crippen molar-refractivity contribution in [1.82, 2.24) is 14.7 Å². The summed E-state index contributed by atoms with van der Waals surface area (Å²) in [6.07, 6.45) is 2.63. The first-order valence-electron chi connectivity index (χ1n) is 14.5. The Hall–Kier alpha value is -2.51. The summed E-state index contributed by atoms with van der Waals surface area (Å²) < 4.78 is 28.6. The smallest absolute Gasteiger partial charge is 0.229 e. The van der Waals surface area contributed by atoms with Crippen LogP contribution in [0.15, 0.2) is 36.4 Å². The third-order valence-corrected chi connectivity index (χ3v) is 9.48. The van der Waals surface area contributed by atoms with Gasteiger partial charge in [0, 0.05) is 61.8 Å². The molecular formula is C32H40ClF2N3O2. The first kappa shape index (κ1) is 29.0. The number of piperidine rings is 1. The van der Waals surface area contributed by atoms with Crippen molar-refractivity contribution in [3.63, 3.8) is 0 Å². The molecule has 3 heterocycles. The van der Waals surface area contributed by atoms with Gasteiger partial charge in [0.2, 0.25) is 11.8 Å². The molecule has 216 valence electrons. The van der Waals surface area contributed by atoms with Gasteiger partial charge in [-0.25, -0.2) is 8.78 Å². The van der Waals surface area contributed by atoms with Gasteiger partial charge in [-0.05, 0) is 87.8 Å². The highest BCUT2D eigenvalue weighted by atomic mass is 35.5. The van der Waals surface area contributed by atoms with Crippen LogP contribution in [0.4, 0.5) is 8.78 Å². The van der Waals surface area contributed by atoms with Gasteiger partial charge >= 0.3 is 0 Å². The molecule has 0 unspecified atom stereocenters. The Labute approximate surface area is 241 Å². The van der Waals surface area contributed by atoms with E-state index in [1.807, 2.05) is 34.9 Å². The zero-order valence-corrected chi connectivity index (χ0v) is 24.7. The Balaban J connectivity index is 1.32. The second kappa shape index (κ2) is 11.4. The van der Waals surface area contributed by atoms with Crippen LogP contribution in [0.2, 0.25) is 5.02 Å². The number of hydrogen-bond donors (Lipinski definition) is 0. The standard InChI is InChI=1S/C32H40ClF2N3O2/c1-20(30(39)36-12-5-13-36)26-16-22(33)6-8-24(26)21-10-14-37(15-11-21)31(40)28-19-38(32(2,3)4)18-27(28)25-9-7-23(34)17-29(25)35/h6-9,16-17,20-21,27-28H,5,10-15,18-19H2,1-4H3/t20-,27+,28-/m1/s1. The van der Waals surface area contributed by atoms with E-state index in [9.17, 15) is 18.4 Å². The summed E-state index contributed by atoms with van der Waals surface area (Å²) in [6, 6.07) is 9.56. The van der Waals surface area contributed by atoms with Gasteiger partial charge in [0.15, 0.2) is 0 Å². The zero-order chi connectivity index (χ0) is 28.8. The molecule has 2 aromatic carbocycles. The molecule has 0 radical (unpaired) electrons. The number of amides is 2. The minimum Gasteiger partial charge on any atom is -0.342 e. The Morgan fingerprint density at radius 3 is 2.20 bits per heavy atom. The van der Waals surface area contributed by atoms with Crippen LogP contribution in [0, 0.1) is 17.6 Å². The van der Waals surface area contributed by atoms with Crippen LogP contribution in [0.5, 0.6) is 0 Å². The number of halogens is 3. The predicted octanol–water partition coefficient (Wildman–Crippen LogP) is 6.17. The lowest BCUT2D eigenvalue weighted by Crippen LogP contribution is -2.45. The third-order valence-electron chi connectivity index (χ3n) is 9.25. The van der Waals surface area contributed by atoms with Crippen molar-refractivity contribution in [2.75, 3.05) is 39.3 Å². The molecule has 2 amide bonds. The maximum absolute atomic E-state index is 14.9. The molecule has 3 fully saturated rings. The van der Waals surface area contributed by atoms with Gasteiger partial charge in [0.25, 0.3) is 0 Å². The van der Waals surface area contributed by atoms with Crippen LogP contribution < -0.4 is 0 Å². The van der Waals surface area contributed by atoms with E-state index in [-0.39, 0.29) is 35.1 Å². The fourth-order valence-electron chi connectivity index (χ4n) is 6.60. The average molecular weight is 572 g/mol. The first-order chi connectivity index (χ1) is 18.9.